The number of nitrogens with zero attached hydrogens (tertiary/aromatic N) is 5. The molecular formula is C19H17N5OS. The van der Waals surface area contributed by atoms with Gasteiger partial charge in [-0.1, -0.05) is 47.7 Å². The summed E-state index contributed by atoms with van der Waals surface area (Å²) >= 11 is 1.53. The molecule has 26 heavy (non-hydrogen) atoms. The van der Waals surface area contributed by atoms with E-state index in [1.165, 1.54) is 17.3 Å². The smallest absolute Gasteiger partial charge is 0.226 e. The monoisotopic (exact) mass is 363 g/mol. The van der Waals surface area contributed by atoms with E-state index in [1.807, 2.05) is 36.4 Å². The first-order valence-corrected chi connectivity index (χ1v) is 9.18. The first kappa shape index (κ1) is 16.5. The van der Waals surface area contributed by atoms with Crippen LogP contribution in [0.1, 0.15) is 16.8 Å². The van der Waals surface area contributed by atoms with Crippen LogP contribution in [0.2, 0.25) is 0 Å². The minimum absolute atomic E-state index is 0.621. The number of thioether (sulfide) groups is 1. The second-order valence-electron chi connectivity index (χ2n) is 5.96. The van der Waals surface area contributed by atoms with Gasteiger partial charge in [0, 0.05) is 11.3 Å². The molecule has 0 aliphatic rings. The van der Waals surface area contributed by atoms with E-state index in [0.717, 1.165) is 27.7 Å². The molecule has 0 aliphatic heterocycles. The summed E-state index contributed by atoms with van der Waals surface area (Å²) in [6.07, 6.45) is 1.68. The van der Waals surface area contributed by atoms with Crippen molar-refractivity contribution in [3.05, 3.63) is 71.6 Å². The number of hydrogen-bond donors (Lipinski definition) is 0. The minimum atomic E-state index is 0.621. The van der Waals surface area contributed by atoms with Gasteiger partial charge in [0.25, 0.3) is 0 Å². The number of aromatic nitrogens is 5. The van der Waals surface area contributed by atoms with E-state index < -0.39 is 0 Å². The van der Waals surface area contributed by atoms with E-state index in [9.17, 15) is 0 Å². The molecule has 130 valence electrons. The average molecular weight is 363 g/mol. The van der Waals surface area contributed by atoms with Gasteiger partial charge in [0.1, 0.15) is 6.26 Å². The number of tetrazole rings is 1. The molecule has 0 amide bonds. The topological polar surface area (TPSA) is 69.6 Å². The summed E-state index contributed by atoms with van der Waals surface area (Å²) in [7, 11) is 0. The molecule has 0 fully saturated rings. The Balaban J connectivity index is 1.51. The molecule has 2 aromatic carbocycles. The Kier molecular flexibility index (Phi) is 4.53. The third kappa shape index (κ3) is 3.39. The zero-order valence-corrected chi connectivity index (χ0v) is 15.3. The second-order valence-corrected chi connectivity index (χ2v) is 6.90. The van der Waals surface area contributed by atoms with Gasteiger partial charge in [-0.25, -0.2) is 4.98 Å². The Hall–Kier alpha value is -2.93. The molecule has 4 aromatic rings. The van der Waals surface area contributed by atoms with Crippen LogP contribution in [0.5, 0.6) is 0 Å². The van der Waals surface area contributed by atoms with Crippen LogP contribution in [0.3, 0.4) is 0 Å². The Bertz CT molecular complexity index is 1030. The lowest BCUT2D eigenvalue weighted by atomic mass is 10.1. The highest BCUT2D eigenvalue weighted by Crippen LogP contribution is 2.25. The molecule has 0 saturated heterocycles. The van der Waals surface area contributed by atoms with Gasteiger partial charge in [0.05, 0.1) is 11.4 Å². The van der Waals surface area contributed by atoms with Crippen LogP contribution >= 0.6 is 11.8 Å². The van der Waals surface area contributed by atoms with Gasteiger partial charge in [0.2, 0.25) is 11.0 Å². The van der Waals surface area contributed by atoms with Crippen LogP contribution in [0, 0.1) is 13.8 Å². The predicted octanol–water partition coefficient (Wildman–Crippen LogP) is 4.23. The first-order chi connectivity index (χ1) is 12.7. The van der Waals surface area contributed by atoms with Crippen molar-refractivity contribution in [3.63, 3.8) is 0 Å². The highest BCUT2D eigenvalue weighted by molar-refractivity contribution is 7.98. The normalized spacial score (nSPS) is 11.0. The van der Waals surface area contributed by atoms with Crippen molar-refractivity contribution in [2.75, 3.05) is 0 Å². The van der Waals surface area contributed by atoms with Gasteiger partial charge in [-0.15, -0.1) is 5.10 Å². The van der Waals surface area contributed by atoms with Crippen LogP contribution in [0.4, 0.5) is 0 Å². The molecule has 0 unspecified atom stereocenters. The summed E-state index contributed by atoms with van der Waals surface area (Å²) in [4.78, 5) is 4.55. The highest BCUT2D eigenvalue weighted by Gasteiger charge is 2.13. The maximum Gasteiger partial charge on any atom is 0.226 e. The molecule has 7 heteroatoms. The number of benzene rings is 2. The minimum Gasteiger partial charge on any atom is -0.444 e. The summed E-state index contributed by atoms with van der Waals surface area (Å²) < 4.78 is 7.35. The third-order valence-electron chi connectivity index (χ3n) is 3.94. The van der Waals surface area contributed by atoms with E-state index in [2.05, 4.69) is 46.5 Å². The van der Waals surface area contributed by atoms with E-state index in [4.69, 9.17) is 4.42 Å². The van der Waals surface area contributed by atoms with Crippen LogP contribution in [-0.2, 0) is 5.75 Å². The van der Waals surface area contributed by atoms with Crippen LogP contribution in [-0.4, -0.2) is 25.2 Å². The average Bonchev–Trinajstić information content (AvgIpc) is 3.30. The van der Waals surface area contributed by atoms with Gasteiger partial charge in [-0.05, 0) is 48.0 Å². The molecule has 2 heterocycles. The fourth-order valence-corrected chi connectivity index (χ4v) is 3.45. The SMILES string of the molecule is Cc1ccc(-n2nnnc2SCc2coc(-c3ccccc3)n2)c(C)c1. The van der Waals surface area contributed by atoms with E-state index in [1.54, 1.807) is 10.9 Å². The molecule has 0 bridgehead atoms. The molecule has 6 nitrogen and oxygen atoms in total. The van der Waals surface area contributed by atoms with E-state index in [0.29, 0.717) is 11.6 Å². The van der Waals surface area contributed by atoms with Crippen molar-refractivity contribution in [1.29, 1.82) is 0 Å². The molecular weight excluding hydrogens is 346 g/mol. The molecule has 0 spiro atoms. The number of rotatable bonds is 5. The number of oxazole rings is 1. The Labute approximate surface area is 155 Å². The molecule has 0 N–H and O–H groups in total. The maximum atomic E-state index is 5.58. The van der Waals surface area contributed by atoms with Gasteiger partial charge >= 0.3 is 0 Å². The van der Waals surface area contributed by atoms with Gasteiger partial charge in [-0.3, -0.25) is 0 Å². The zero-order valence-electron chi connectivity index (χ0n) is 14.5. The predicted molar refractivity (Wildman–Crippen MR) is 100 cm³/mol. The standard InChI is InChI=1S/C19H17N5OS/c1-13-8-9-17(14(2)10-13)24-19(21-22-23-24)26-12-16-11-25-18(20-16)15-6-4-3-5-7-15/h3-11H,12H2,1-2H3. The second kappa shape index (κ2) is 7.13. The van der Waals surface area contributed by atoms with Gasteiger partial charge < -0.3 is 4.42 Å². The largest absolute Gasteiger partial charge is 0.444 e. The van der Waals surface area contributed by atoms with Crippen molar-refractivity contribution in [2.24, 2.45) is 0 Å². The van der Waals surface area contributed by atoms with Crippen molar-refractivity contribution < 1.29 is 4.42 Å². The first-order valence-electron chi connectivity index (χ1n) is 8.19. The van der Waals surface area contributed by atoms with Crippen LogP contribution in [0.15, 0.2) is 64.4 Å². The summed E-state index contributed by atoms with van der Waals surface area (Å²) in [5, 5.41) is 12.8. The Morgan fingerprint density at radius 2 is 1.92 bits per heavy atom. The van der Waals surface area contributed by atoms with E-state index >= 15 is 0 Å². The molecule has 0 radical (unpaired) electrons. The van der Waals surface area contributed by atoms with Crippen LogP contribution < -0.4 is 0 Å². The molecule has 2 aromatic heterocycles. The van der Waals surface area contributed by atoms with Gasteiger partial charge in [-0.2, -0.15) is 4.68 Å². The molecule has 0 saturated carbocycles. The summed E-state index contributed by atoms with van der Waals surface area (Å²) in [5.41, 5.74) is 5.14. The quantitative estimate of drug-likeness (QED) is 0.494. The summed E-state index contributed by atoms with van der Waals surface area (Å²) in [5.74, 6) is 1.25. The lowest BCUT2D eigenvalue weighted by molar-refractivity contribution is 0.573. The van der Waals surface area contributed by atoms with Crippen molar-refractivity contribution in [2.45, 2.75) is 24.8 Å². The molecule has 0 aliphatic carbocycles. The molecule has 0 atom stereocenters. The van der Waals surface area contributed by atoms with E-state index in [-0.39, 0.29) is 0 Å². The molecule has 4 rings (SSSR count). The van der Waals surface area contributed by atoms with Crippen LogP contribution in [0.25, 0.3) is 17.1 Å². The fraction of sp³-hybridized carbons (Fsp3) is 0.158. The summed E-state index contributed by atoms with van der Waals surface area (Å²) in [6, 6.07) is 16.1. The fourth-order valence-electron chi connectivity index (χ4n) is 2.69. The zero-order chi connectivity index (χ0) is 17.9. The number of aryl methyl sites for hydroxylation is 2. The maximum absolute atomic E-state index is 5.58. The third-order valence-corrected chi connectivity index (χ3v) is 4.90. The Morgan fingerprint density at radius 3 is 2.73 bits per heavy atom. The summed E-state index contributed by atoms with van der Waals surface area (Å²) in [6.45, 7) is 4.13. The van der Waals surface area contributed by atoms with Crippen molar-refractivity contribution in [3.8, 4) is 17.1 Å². The van der Waals surface area contributed by atoms with Crippen molar-refractivity contribution >= 4 is 11.8 Å². The Morgan fingerprint density at radius 1 is 1.08 bits per heavy atom. The van der Waals surface area contributed by atoms with Crippen molar-refractivity contribution in [1.82, 2.24) is 25.2 Å². The lowest BCUT2D eigenvalue weighted by Gasteiger charge is -2.07. The van der Waals surface area contributed by atoms with Gasteiger partial charge in [0.15, 0.2) is 0 Å². The highest BCUT2D eigenvalue weighted by atomic mass is 32.2. The number of hydrogen-bond acceptors (Lipinski definition) is 6. The lowest BCUT2D eigenvalue weighted by Crippen LogP contribution is -2.02.